The molecule has 1 aromatic carbocycles. The number of piperidine rings is 2. The molecule has 6 nitrogen and oxygen atoms in total. The van der Waals surface area contributed by atoms with Crippen molar-refractivity contribution in [3.8, 4) is 0 Å². The summed E-state index contributed by atoms with van der Waals surface area (Å²) in [5.74, 6) is 1.23. The predicted molar refractivity (Wildman–Crippen MR) is 121 cm³/mol. The molecule has 2 fully saturated rings. The molecule has 2 aromatic heterocycles. The average molecular weight is 443 g/mol. The first kappa shape index (κ1) is 19.9. The van der Waals surface area contributed by atoms with Gasteiger partial charge in [0, 0.05) is 38.3 Å². The first-order valence-corrected chi connectivity index (χ1v) is 12.9. The second-order valence-electron chi connectivity index (χ2n) is 8.12. The summed E-state index contributed by atoms with van der Waals surface area (Å²) in [7, 11) is -3.43. The van der Waals surface area contributed by atoms with E-state index in [1.54, 1.807) is 21.7 Å². The molecule has 0 amide bonds. The first-order valence-electron chi connectivity index (χ1n) is 10.7. The second-order valence-corrected chi connectivity index (χ2v) is 11.1. The van der Waals surface area contributed by atoms with E-state index in [4.69, 9.17) is 4.98 Å². The summed E-state index contributed by atoms with van der Waals surface area (Å²) < 4.78 is 28.6. The average Bonchev–Trinajstić information content (AvgIpc) is 3.24. The number of benzene rings is 1. The predicted octanol–water partition coefficient (Wildman–Crippen LogP) is 4.25. The minimum absolute atomic E-state index is 0.299. The molecule has 2 aliphatic rings. The van der Waals surface area contributed by atoms with E-state index < -0.39 is 10.0 Å². The zero-order chi connectivity index (χ0) is 20.6. The molecule has 30 heavy (non-hydrogen) atoms. The van der Waals surface area contributed by atoms with Crippen LogP contribution in [0.25, 0.3) is 10.2 Å². The third-order valence-electron chi connectivity index (χ3n) is 6.08. The third kappa shape index (κ3) is 3.84. The van der Waals surface area contributed by atoms with Crippen molar-refractivity contribution < 1.29 is 8.42 Å². The van der Waals surface area contributed by atoms with Gasteiger partial charge in [0.05, 0.1) is 15.2 Å². The van der Waals surface area contributed by atoms with E-state index in [1.165, 1.54) is 15.9 Å². The van der Waals surface area contributed by atoms with Gasteiger partial charge in [-0.1, -0.05) is 18.6 Å². The zero-order valence-corrected chi connectivity index (χ0v) is 18.5. The first-order chi connectivity index (χ1) is 14.6. The molecule has 0 radical (unpaired) electrons. The Kier molecular flexibility index (Phi) is 5.47. The lowest BCUT2D eigenvalue weighted by atomic mass is 9.99. The maximum Gasteiger partial charge on any atom is 0.244 e. The summed E-state index contributed by atoms with van der Waals surface area (Å²) >= 11 is 1.78. The molecular weight excluding hydrogens is 416 g/mol. The van der Waals surface area contributed by atoms with Crippen LogP contribution < -0.4 is 4.90 Å². The van der Waals surface area contributed by atoms with Crippen molar-refractivity contribution in [1.29, 1.82) is 0 Å². The fourth-order valence-corrected chi connectivity index (χ4v) is 6.97. The summed E-state index contributed by atoms with van der Waals surface area (Å²) in [4.78, 5) is 11.9. The lowest BCUT2D eigenvalue weighted by Gasteiger charge is -2.32. The molecule has 3 aromatic rings. The molecule has 4 heterocycles. The highest BCUT2D eigenvalue weighted by Crippen LogP contribution is 2.34. The standard InChI is InChI=1S/C22H26N4O2S2/c27-30(28,26-13-4-1-5-14-26)18-10-11-21(23-15-18)25-12-6-7-17(16-25)22-24-19-8-2-3-9-20(19)29-22/h2-3,8-11,15,17H,1,4-7,12-14,16H2/t17-/m1/s1. The van der Waals surface area contributed by atoms with Crippen molar-refractivity contribution in [2.75, 3.05) is 31.1 Å². The van der Waals surface area contributed by atoms with Gasteiger partial charge in [-0.2, -0.15) is 4.31 Å². The SMILES string of the molecule is O=S(=O)(c1ccc(N2CCC[C@@H](c3nc4ccccc4s3)C2)nc1)N1CCCCC1. The smallest absolute Gasteiger partial charge is 0.244 e. The van der Waals surface area contributed by atoms with Crippen LogP contribution in [0.15, 0.2) is 47.5 Å². The molecule has 0 aliphatic carbocycles. The van der Waals surface area contributed by atoms with Gasteiger partial charge in [-0.15, -0.1) is 11.3 Å². The van der Waals surface area contributed by atoms with Crippen LogP contribution in [0.2, 0.25) is 0 Å². The molecule has 0 bridgehead atoms. The van der Waals surface area contributed by atoms with E-state index in [9.17, 15) is 8.42 Å². The van der Waals surface area contributed by atoms with Crippen molar-refractivity contribution in [1.82, 2.24) is 14.3 Å². The summed E-state index contributed by atoms with van der Waals surface area (Å²) in [5.41, 5.74) is 1.07. The number of fused-ring (bicyclic) bond motifs is 1. The maximum atomic E-state index is 12.9. The van der Waals surface area contributed by atoms with Crippen molar-refractivity contribution in [2.45, 2.75) is 42.9 Å². The van der Waals surface area contributed by atoms with Gasteiger partial charge < -0.3 is 4.90 Å². The fourth-order valence-electron chi connectivity index (χ4n) is 4.42. The molecule has 2 aliphatic heterocycles. The lowest BCUT2D eigenvalue weighted by Crippen LogP contribution is -2.36. The van der Waals surface area contributed by atoms with Crippen LogP contribution >= 0.6 is 11.3 Å². The summed E-state index contributed by atoms with van der Waals surface area (Å²) in [6.45, 7) is 3.03. The number of pyridine rings is 1. The normalized spacial score (nSPS) is 21.2. The monoisotopic (exact) mass is 442 g/mol. The van der Waals surface area contributed by atoms with Gasteiger partial charge >= 0.3 is 0 Å². The Labute approximate surface area is 181 Å². The molecule has 158 valence electrons. The van der Waals surface area contributed by atoms with Crippen molar-refractivity contribution in [3.05, 3.63) is 47.6 Å². The van der Waals surface area contributed by atoms with E-state index in [1.807, 2.05) is 12.1 Å². The van der Waals surface area contributed by atoms with Gasteiger partial charge in [0.25, 0.3) is 0 Å². The van der Waals surface area contributed by atoms with Crippen LogP contribution in [0, 0.1) is 0 Å². The molecule has 8 heteroatoms. The second kappa shape index (κ2) is 8.24. The highest BCUT2D eigenvalue weighted by molar-refractivity contribution is 7.89. The van der Waals surface area contributed by atoms with Gasteiger partial charge in [-0.05, 0) is 49.9 Å². The van der Waals surface area contributed by atoms with Crippen molar-refractivity contribution in [3.63, 3.8) is 0 Å². The van der Waals surface area contributed by atoms with Gasteiger partial charge in [-0.3, -0.25) is 0 Å². The largest absolute Gasteiger partial charge is 0.356 e. The summed E-state index contributed by atoms with van der Waals surface area (Å²) in [5, 5.41) is 1.19. The molecule has 0 spiro atoms. The van der Waals surface area contributed by atoms with Crippen molar-refractivity contribution in [2.24, 2.45) is 0 Å². The van der Waals surface area contributed by atoms with E-state index in [0.29, 0.717) is 23.9 Å². The number of anilines is 1. The molecule has 5 rings (SSSR count). The minimum Gasteiger partial charge on any atom is -0.356 e. The number of nitrogens with zero attached hydrogens (tertiary/aromatic N) is 4. The number of hydrogen-bond donors (Lipinski definition) is 0. The topological polar surface area (TPSA) is 66.4 Å². The summed E-state index contributed by atoms with van der Waals surface area (Å²) in [6, 6.07) is 11.9. The highest BCUT2D eigenvalue weighted by Gasteiger charge is 2.28. The zero-order valence-electron chi connectivity index (χ0n) is 16.9. The van der Waals surface area contributed by atoms with Crippen LogP contribution in [0.4, 0.5) is 5.82 Å². The molecular formula is C22H26N4O2S2. The summed E-state index contributed by atoms with van der Waals surface area (Å²) in [6.07, 6.45) is 6.71. The minimum atomic E-state index is -3.43. The number of para-hydroxylation sites is 1. The van der Waals surface area contributed by atoms with E-state index in [2.05, 4.69) is 28.1 Å². The Morgan fingerprint density at radius 2 is 1.80 bits per heavy atom. The maximum absolute atomic E-state index is 12.9. The number of aromatic nitrogens is 2. The van der Waals surface area contributed by atoms with E-state index in [-0.39, 0.29) is 0 Å². The number of hydrogen-bond acceptors (Lipinski definition) is 6. The Morgan fingerprint density at radius 3 is 2.57 bits per heavy atom. The number of sulfonamides is 1. The molecule has 0 saturated carbocycles. The van der Waals surface area contributed by atoms with Crippen LogP contribution in [0.5, 0.6) is 0 Å². The molecule has 0 N–H and O–H groups in total. The Hall–Kier alpha value is -2.03. The number of thiazole rings is 1. The van der Waals surface area contributed by atoms with Crippen LogP contribution in [0.1, 0.15) is 43.0 Å². The van der Waals surface area contributed by atoms with E-state index in [0.717, 1.165) is 56.5 Å². The highest BCUT2D eigenvalue weighted by atomic mass is 32.2. The van der Waals surface area contributed by atoms with Crippen LogP contribution in [-0.4, -0.2) is 48.9 Å². The van der Waals surface area contributed by atoms with Gasteiger partial charge in [-0.25, -0.2) is 18.4 Å². The van der Waals surface area contributed by atoms with Crippen molar-refractivity contribution >= 4 is 37.4 Å². The van der Waals surface area contributed by atoms with Gasteiger partial charge in [0.15, 0.2) is 0 Å². The Balaban J connectivity index is 1.32. The Morgan fingerprint density at radius 1 is 0.967 bits per heavy atom. The number of rotatable bonds is 4. The van der Waals surface area contributed by atoms with E-state index >= 15 is 0 Å². The lowest BCUT2D eigenvalue weighted by molar-refractivity contribution is 0.346. The van der Waals surface area contributed by atoms with Gasteiger partial charge in [0.1, 0.15) is 10.7 Å². The molecule has 2 saturated heterocycles. The van der Waals surface area contributed by atoms with Crippen LogP contribution in [0.3, 0.4) is 0 Å². The Bertz CT molecular complexity index is 1090. The fraction of sp³-hybridized carbons (Fsp3) is 0.455. The molecule has 0 unspecified atom stereocenters. The quantitative estimate of drug-likeness (QED) is 0.604. The molecule has 1 atom stereocenters. The van der Waals surface area contributed by atoms with Gasteiger partial charge in [0.2, 0.25) is 10.0 Å². The third-order valence-corrected chi connectivity index (χ3v) is 9.16. The van der Waals surface area contributed by atoms with Crippen LogP contribution in [-0.2, 0) is 10.0 Å².